The van der Waals surface area contributed by atoms with E-state index in [1.165, 1.54) is 0 Å². The lowest BCUT2D eigenvalue weighted by Crippen LogP contribution is -2.50. The third-order valence-corrected chi connectivity index (χ3v) is 1.60. The Morgan fingerprint density at radius 3 is 1.94 bits per heavy atom. The molecule has 0 aliphatic carbocycles. The highest BCUT2D eigenvalue weighted by atomic mass is 19.4. The normalized spacial score (nSPS) is 13.9. The second-order valence-electron chi connectivity index (χ2n) is 2.69. The average Bonchev–Trinajstić information content (AvgIpc) is 2.17. The van der Waals surface area contributed by atoms with Crippen LogP contribution >= 0.6 is 0 Å². The van der Waals surface area contributed by atoms with Crippen LogP contribution in [0, 0.1) is 6.20 Å². The maximum absolute atomic E-state index is 12.8. The van der Waals surface area contributed by atoms with Crippen molar-refractivity contribution in [2.45, 2.75) is 18.0 Å². The van der Waals surface area contributed by atoms with Gasteiger partial charge in [0.05, 0.1) is 0 Å². The lowest BCUT2D eigenvalue weighted by Gasteiger charge is -2.27. The van der Waals surface area contributed by atoms with Crippen LogP contribution in [0.2, 0.25) is 0 Å². The highest BCUT2D eigenvalue weighted by molar-refractivity contribution is 5.12. The smallest absolute Gasteiger partial charge is 0.192 e. The molecule has 0 aliphatic heterocycles. The van der Waals surface area contributed by atoms with Crippen molar-refractivity contribution >= 4 is 0 Å². The summed E-state index contributed by atoms with van der Waals surface area (Å²) in [6.07, 6.45) is -4.50. The Kier molecular flexibility index (Phi) is 2.82. The highest BCUT2D eigenvalue weighted by Crippen LogP contribution is 2.50. The Labute approximate surface area is 84.1 Å². The summed E-state index contributed by atoms with van der Waals surface area (Å²) in [5, 5.41) is 5.19. The fourth-order valence-electron chi connectivity index (χ4n) is 0.772. The molecule has 0 amide bonds. The van der Waals surface area contributed by atoms with E-state index < -0.39 is 23.7 Å². The van der Waals surface area contributed by atoms with E-state index in [0.717, 1.165) is 0 Å². The summed E-state index contributed by atoms with van der Waals surface area (Å²) < 4.78 is 85.8. The number of aromatic nitrogens is 2. The molecule has 0 unspecified atom stereocenters. The van der Waals surface area contributed by atoms with Gasteiger partial charge < -0.3 is 0 Å². The van der Waals surface area contributed by atoms with Crippen molar-refractivity contribution < 1.29 is 30.7 Å². The monoisotopic (exact) mass is 247 g/mol. The first-order valence-electron chi connectivity index (χ1n) is 3.63. The van der Waals surface area contributed by atoms with Gasteiger partial charge in [0, 0.05) is 0 Å². The van der Waals surface area contributed by atoms with Crippen molar-refractivity contribution in [1.82, 2.24) is 10.2 Å². The zero-order chi connectivity index (χ0) is 12.6. The summed E-state index contributed by atoms with van der Waals surface area (Å²) in [5.74, 6) is -11.7. The number of alkyl halides is 7. The molecule has 0 aromatic carbocycles. The van der Waals surface area contributed by atoms with E-state index in [2.05, 4.69) is 10.2 Å². The van der Waals surface area contributed by atoms with Gasteiger partial charge in [0.2, 0.25) is 0 Å². The summed E-state index contributed by atoms with van der Waals surface area (Å²) in [5.41, 5.74) is -1.77. The Morgan fingerprint density at radius 2 is 1.56 bits per heavy atom. The molecule has 9 heteroatoms. The molecule has 1 radical (unpaired) electrons. The molecule has 0 aliphatic rings. The number of nitrogens with zero attached hydrogens (tertiary/aromatic N) is 2. The van der Waals surface area contributed by atoms with E-state index in [1.807, 2.05) is 6.20 Å². The van der Waals surface area contributed by atoms with Gasteiger partial charge in [0.25, 0.3) is 0 Å². The van der Waals surface area contributed by atoms with Gasteiger partial charge in [0.15, 0.2) is 0 Å². The Bertz CT molecular complexity index is 359. The molecule has 16 heavy (non-hydrogen) atoms. The van der Waals surface area contributed by atoms with E-state index in [9.17, 15) is 30.7 Å². The number of halogens is 7. The lowest BCUT2D eigenvalue weighted by molar-refractivity contribution is -0.360. The molecular formula is C7H2F7N2. The molecule has 0 saturated heterocycles. The maximum Gasteiger partial charge on any atom is 0.460 e. The molecule has 0 saturated carbocycles. The van der Waals surface area contributed by atoms with Gasteiger partial charge in [-0.2, -0.15) is 30.7 Å². The zero-order valence-corrected chi connectivity index (χ0v) is 7.19. The molecule has 0 N–H and O–H groups in total. The third kappa shape index (κ3) is 1.81. The molecule has 1 heterocycles. The molecule has 0 bridgehead atoms. The SMILES string of the molecule is FC(F)(F)C(F)(F)C(F)(F)c1cc[c]nn1. The number of hydrogen-bond donors (Lipinski definition) is 0. The first-order valence-corrected chi connectivity index (χ1v) is 3.63. The van der Waals surface area contributed by atoms with Crippen LogP contribution in [0.15, 0.2) is 12.1 Å². The van der Waals surface area contributed by atoms with Gasteiger partial charge >= 0.3 is 18.0 Å². The summed E-state index contributed by atoms with van der Waals surface area (Å²) >= 11 is 0. The van der Waals surface area contributed by atoms with Crippen molar-refractivity contribution in [2.24, 2.45) is 0 Å². The second-order valence-corrected chi connectivity index (χ2v) is 2.69. The predicted octanol–water partition coefficient (Wildman–Crippen LogP) is 2.57. The molecule has 1 aromatic rings. The Morgan fingerprint density at radius 1 is 1.00 bits per heavy atom. The van der Waals surface area contributed by atoms with Crippen molar-refractivity contribution in [3.8, 4) is 0 Å². The molecule has 1 rings (SSSR count). The second kappa shape index (κ2) is 3.56. The van der Waals surface area contributed by atoms with Crippen molar-refractivity contribution in [3.05, 3.63) is 24.0 Å². The fourth-order valence-corrected chi connectivity index (χ4v) is 0.772. The van der Waals surface area contributed by atoms with Crippen LogP contribution in [0.3, 0.4) is 0 Å². The summed E-state index contributed by atoms with van der Waals surface area (Å²) in [4.78, 5) is 0. The third-order valence-electron chi connectivity index (χ3n) is 1.60. The minimum absolute atomic E-state index is 0.284. The van der Waals surface area contributed by atoms with Crippen LogP contribution in [0.1, 0.15) is 5.69 Å². The molecule has 2 nitrogen and oxygen atoms in total. The van der Waals surface area contributed by atoms with Gasteiger partial charge in [-0.3, -0.25) is 0 Å². The average molecular weight is 247 g/mol. The van der Waals surface area contributed by atoms with Crippen molar-refractivity contribution in [1.29, 1.82) is 0 Å². The molecule has 0 fully saturated rings. The maximum atomic E-state index is 12.8. The van der Waals surface area contributed by atoms with E-state index in [-0.39, 0.29) is 6.07 Å². The van der Waals surface area contributed by atoms with Crippen LogP contribution < -0.4 is 0 Å². The quantitative estimate of drug-likeness (QED) is 0.750. The summed E-state index contributed by atoms with van der Waals surface area (Å²) in [6, 6.07) is 0.940. The Balaban J connectivity index is 3.22. The summed E-state index contributed by atoms with van der Waals surface area (Å²) in [7, 11) is 0. The van der Waals surface area contributed by atoms with E-state index in [0.29, 0.717) is 6.07 Å². The minimum Gasteiger partial charge on any atom is -0.192 e. The van der Waals surface area contributed by atoms with E-state index >= 15 is 0 Å². The van der Waals surface area contributed by atoms with Gasteiger partial charge in [-0.1, -0.05) is 0 Å². The van der Waals surface area contributed by atoms with Crippen molar-refractivity contribution in [3.63, 3.8) is 0 Å². The highest BCUT2D eigenvalue weighted by Gasteiger charge is 2.74. The number of rotatable bonds is 2. The van der Waals surface area contributed by atoms with Crippen LogP contribution in [-0.2, 0) is 5.92 Å². The van der Waals surface area contributed by atoms with Gasteiger partial charge in [-0.05, 0) is 12.1 Å². The largest absolute Gasteiger partial charge is 0.460 e. The van der Waals surface area contributed by atoms with Gasteiger partial charge in [-0.15, -0.1) is 10.2 Å². The first-order chi connectivity index (χ1) is 7.11. The van der Waals surface area contributed by atoms with Crippen LogP contribution in [0.4, 0.5) is 30.7 Å². The minimum atomic E-state index is -6.38. The van der Waals surface area contributed by atoms with E-state index in [1.54, 1.807) is 0 Å². The zero-order valence-electron chi connectivity index (χ0n) is 7.19. The fraction of sp³-hybridized carbons (Fsp3) is 0.429. The van der Waals surface area contributed by atoms with Gasteiger partial charge in [-0.25, -0.2) is 0 Å². The number of hydrogen-bond acceptors (Lipinski definition) is 2. The Hall–Kier alpha value is -1.41. The molecule has 1 aromatic heterocycles. The topological polar surface area (TPSA) is 25.8 Å². The molecule has 0 spiro atoms. The lowest BCUT2D eigenvalue weighted by atomic mass is 10.1. The predicted molar refractivity (Wildman–Crippen MR) is 35.8 cm³/mol. The van der Waals surface area contributed by atoms with Crippen molar-refractivity contribution in [2.75, 3.05) is 0 Å². The molecular weight excluding hydrogens is 245 g/mol. The van der Waals surface area contributed by atoms with Crippen LogP contribution in [0.25, 0.3) is 0 Å². The summed E-state index contributed by atoms with van der Waals surface area (Å²) in [6.45, 7) is 0. The van der Waals surface area contributed by atoms with Gasteiger partial charge in [0.1, 0.15) is 11.9 Å². The van der Waals surface area contributed by atoms with E-state index in [4.69, 9.17) is 0 Å². The molecule has 89 valence electrons. The standard InChI is InChI=1S/C7H2F7N2/c8-5(9,4-2-1-3-15-16-4)6(10,11)7(12,13)14/h1-2H. The van der Waals surface area contributed by atoms with Crippen LogP contribution in [0.5, 0.6) is 0 Å². The first kappa shape index (κ1) is 12.7. The molecule has 0 atom stereocenters. The van der Waals surface area contributed by atoms with Crippen LogP contribution in [-0.4, -0.2) is 22.3 Å².